The fourth-order valence-electron chi connectivity index (χ4n) is 2.24. The van der Waals surface area contributed by atoms with Crippen LogP contribution in [0.15, 0.2) is 24.3 Å². The van der Waals surface area contributed by atoms with E-state index in [1.54, 1.807) is 7.11 Å². The van der Waals surface area contributed by atoms with Gasteiger partial charge in [0.2, 0.25) is 5.91 Å². The minimum absolute atomic E-state index is 0.0199. The molecular weight excluding hydrogens is 246 g/mol. The maximum Gasteiger partial charge on any atom is 0.231 e. The van der Waals surface area contributed by atoms with Crippen molar-refractivity contribution < 1.29 is 19.4 Å². The van der Waals surface area contributed by atoms with Crippen LogP contribution in [0.2, 0.25) is 0 Å². The van der Waals surface area contributed by atoms with Crippen LogP contribution in [-0.4, -0.2) is 44.0 Å². The second kappa shape index (κ2) is 6.54. The molecule has 0 saturated heterocycles. The quantitative estimate of drug-likeness (QED) is 0.793. The Morgan fingerprint density at radius 3 is 3.11 bits per heavy atom. The highest BCUT2D eigenvalue weighted by Gasteiger charge is 2.30. The second-order valence-electron chi connectivity index (χ2n) is 4.57. The molecule has 2 rings (SSSR count). The number of carbonyl (C=O) groups is 1. The third-order valence-electron chi connectivity index (χ3n) is 3.21. The zero-order valence-corrected chi connectivity index (χ0v) is 11.0. The fourth-order valence-corrected chi connectivity index (χ4v) is 2.24. The molecule has 0 spiro atoms. The second-order valence-corrected chi connectivity index (χ2v) is 4.57. The molecule has 1 amide bonds. The Bertz CT molecular complexity index is 429. The maximum atomic E-state index is 12.2. The highest BCUT2D eigenvalue weighted by molar-refractivity contribution is 5.85. The zero-order chi connectivity index (χ0) is 13.7. The van der Waals surface area contributed by atoms with E-state index in [1.807, 2.05) is 24.3 Å². The summed E-state index contributed by atoms with van der Waals surface area (Å²) in [6.45, 7) is 0.775. The van der Waals surface area contributed by atoms with Crippen molar-refractivity contribution in [2.75, 3.05) is 26.9 Å². The SMILES string of the molecule is COCC(CCO)NC(=O)C1COc2ccccc21. The molecule has 0 radical (unpaired) electrons. The van der Waals surface area contributed by atoms with Gasteiger partial charge in [-0.1, -0.05) is 18.2 Å². The molecule has 1 aromatic carbocycles. The highest BCUT2D eigenvalue weighted by atomic mass is 16.5. The number of carbonyl (C=O) groups excluding carboxylic acids is 1. The molecule has 1 aliphatic heterocycles. The van der Waals surface area contributed by atoms with E-state index in [9.17, 15) is 4.79 Å². The molecule has 0 fully saturated rings. The van der Waals surface area contributed by atoms with Gasteiger partial charge in [0.1, 0.15) is 18.3 Å². The lowest BCUT2D eigenvalue weighted by atomic mass is 10.00. The van der Waals surface area contributed by atoms with Crippen LogP contribution in [0, 0.1) is 0 Å². The Labute approximate surface area is 112 Å². The molecule has 0 aromatic heterocycles. The molecule has 0 aliphatic carbocycles. The van der Waals surface area contributed by atoms with Crippen molar-refractivity contribution in [3.63, 3.8) is 0 Å². The molecule has 2 unspecified atom stereocenters. The van der Waals surface area contributed by atoms with Crippen molar-refractivity contribution in [3.8, 4) is 5.75 Å². The average Bonchev–Trinajstić information content (AvgIpc) is 2.83. The van der Waals surface area contributed by atoms with Crippen LogP contribution in [0.3, 0.4) is 0 Å². The zero-order valence-electron chi connectivity index (χ0n) is 11.0. The molecular formula is C14H19NO4. The molecule has 0 saturated carbocycles. The lowest BCUT2D eigenvalue weighted by Crippen LogP contribution is -2.41. The van der Waals surface area contributed by atoms with Gasteiger partial charge in [0.15, 0.2) is 0 Å². The third kappa shape index (κ3) is 3.24. The van der Waals surface area contributed by atoms with Crippen LogP contribution in [-0.2, 0) is 9.53 Å². The summed E-state index contributed by atoms with van der Waals surface area (Å²) in [4.78, 5) is 12.2. The van der Waals surface area contributed by atoms with E-state index in [0.29, 0.717) is 19.6 Å². The van der Waals surface area contributed by atoms with Gasteiger partial charge < -0.3 is 19.9 Å². The summed E-state index contributed by atoms with van der Waals surface area (Å²) in [5, 5.41) is 11.9. The van der Waals surface area contributed by atoms with Crippen molar-refractivity contribution in [1.29, 1.82) is 0 Å². The normalized spacial score (nSPS) is 18.5. The number of hydrogen-bond acceptors (Lipinski definition) is 4. The number of methoxy groups -OCH3 is 1. The summed E-state index contributed by atoms with van der Waals surface area (Å²) in [5.74, 6) is 0.405. The monoisotopic (exact) mass is 265 g/mol. The standard InChI is InChI=1S/C14H19NO4/c1-18-8-10(6-7-16)15-14(17)12-9-19-13-5-3-2-4-11(12)13/h2-5,10,12,16H,6-9H2,1H3,(H,15,17). The minimum atomic E-state index is -0.283. The van der Waals surface area contributed by atoms with Crippen molar-refractivity contribution >= 4 is 5.91 Å². The highest BCUT2D eigenvalue weighted by Crippen LogP contribution is 2.33. The molecule has 5 heteroatoms. The summed E-state index contributed by atoms with van der Waals surface area (Å²) in [6.07, 6.45) is 0.481. The molecule has 2 atom stereocenters. The first-order valence-corrected chi connectivity index (χ1v) is 6.38. The van der Waals surface area contributed by atoms with E-state index >= 15 is 0 Å². The number of aliphatic hydroxyl groups excluding tert-OH is 1. The summed E-state index contributed by atoms with van der Waals surface area (Å²) < 4.78 is 10.5. The molecule has 1 heterocycles. The lowest BCUT2D eigenvalue weighted by molar-refractivity contribution is -0.124. The van der Waals surface area contributed by atoms with Gasteiger partial charge in [-0.3, -0.25) is 4.79 Å². The van der Waals surface area contributed by atoms with E-state index < -0.39 is 0 Å². The molecule has 19 heavy (non-hydrogen) atoms. The largest absolute Gasteiger partial charge is 0.492 e. The predicted molar refractivity (Wildman–Crippen MR) is 70.2 cm³/mol. The molecule has 1 aliphatic rings. The number of nitrogens with one attached hydrogen (secondary N) is 1. The Hall–Kier alpha value is -1.59. The number of rotatable bonds is 6. The van der Waals surface area contributed by atoms with E-state index in [-0.39, 0.29) is 24.5 Å². The Balaban J connectivity index is 2.01. The summed E-state index contributed by atoms with van der Waals surface area (Å²) in [6, 6.07) is 7.38. The van der Waals surface area contributed by atoms with Crippen LogP contribution in [0.5, 0.6) is 5.75 Å². The van der Waals surface area contributed by atoms with E-state index in [1.165, 1.54) is 0 Å². The van der Waals surface area contributed by atoms with E-state index in [2.05, 4.69) is 5.32 Å². The molecule has 104 valence electrons. The van der Waals surface area contributed by atoms with Gasteiger partial charge in [0.25, 0.3) is 0 Å². The van der Waals surface area contributed by atoms with Gasteiger partial charge in [-0.05, 0) is 12.5 Å². The molecule has 0 bridgehead atoms. The van der Waals surface area contributed by atoms with Gasteiger partial charge in [-0.15, -0.1) is 0 Å². The number of benzene rings is 1. The van der Waals surface area contributed by atoms with Gasteiger partial charge >= 0.3 is 0 Å². The average molecular weight is 265 g/mol. The van der Waals surface area contributed by atoms with Crippen LogP contribution in [0.1, 0.15) is 17.9 Å². The lowest BCUT2D eigenvalue weighted by Gasteiger charge is -2.19. The fraction of sp³-hybridized carbons (Fsp3) is 0.500. The van der Waals surface area contributed by atoms with Crippen molar-refractivity contribution in [2.45, 2.75) is 18.4 Å². The summed E-state index contributed by atoms with van der Waals surface area (Å²) in [7, 11) is 1.57. The Morgan fingerprint density at radius 1 is 1.58 bits per heavy atom. The third-order valence-corrected chi connectivity index (χ3v) is 3.21. The first-order valence-electron chi connectivity index (χ1n) is 6.38. The van der Waals surface area contributed by atoms with Gasteiger partial charge in [-0.25, -0.2) is 0 Å². The number of amides is 1. The van der Waals surface area contributed by atoms with E-state index in [0.717, 1.165) is 11.3 Å². The molecule has 1 aromatic rings. The van der Waals surface area contributed by atoms with Gasteiger partial charge in [0, 0.05) is 19.3 Å². The Kier molecular flexibility index (Phi) is 4.76. The predicted octanol–water partition coefficient (Wildman–Crippen LogP) is 0.676. The summed E-state index contributed by atoms with van der Waals surface area (Å²) in [5.41, 5.74) is 0.917. The number of ether oxygens (including phenoxy) is 2. The smallest absolute Gasteiger partial charge is 0.231 e. The maximum absolute atomic E-state index is 12.2. The van der Waals surface area contributed by atoms with Gasteiger partial charge in [0.05, 0.1) is 12.6 Å². The van der Waals surface area contributed by atoms with Crippen LogP contribution < -0.4 is 10.1 Å². The van der Waals surface area contributed by atoms with E-state index in [4.69, 9.17) is 14.6 Å². The number of para-hydroxylation sites is 1. The first kappa shape index (κ1) is 13.8. The molecule has 2 N–H and O–H groups in total. The van der Waals surface area contributed by atoms with Gasteiger partial charge in [-0.2, -0.15) is 0 Å². The number of aliphatic hydroxyl groups is 1. The van der Waals surface area contributed by atoms with Crippen molar-refractivity contribution in [3.05, 3.63) is 29.8 Å². The van der Waals surface area contributed by atoms with Crippen molar-refractivity contribution in [2.24, 2.45) is 0 Å². The number of fused-ring (bicyclic) bond motifs is 1. The Morgan fingerprint density at radius 2 is 2.37 bits per heavy atom. The minimum Gasteiger partial charge on any atom is -0.492 e. The van der Waals surface area contributed by atoms with Crippen molar-refractivity contribution in [1.82, 2.24) is 5.32 Å². The van der Waals surface area contributed by atoms with Crippen LogP contribution >= 0.6 is 0 Å². The molecule has 5 nitrogen and oxygen atoms in total. The number of hydrogen-bond donors (Lipinski definition) is 2. The topological polar surface area (TPSA) is 67.8 Å². The van der Waals surface area contributed by atoms with Crippen LogP contribution in [0.4, 0.5) is 0 Å². The first-order chi connectivity index (χ1) is 9.26. The summed E-state index contributed by atoms with van der Waals surface area (Å²) >= 11 is 0. The van der Waals surface area contributed by atoms with Crippen LogP contribution in [0.25, 0.3) is 0 Å².